The Kier molecular flexibility index (Phi) is 5.54. The molecule has 4 rings (SSSR count). The average molecular weight is 425 g/mol. The van der Waals surface area contributed by atoms with E-state index >= 15 is 0 Å². The van der Waals surface area contributed by atoms with Crippen molar-refractivity contribution in [1.29, 1.82) is 5.26 Å². The number of oxazole rings is 1. The van der Waals surface area contributed by atoms with Gasteiger partial charge in [-0.15, -0.1) is 11.3 Å². The molecule has 1 fully saturated rings. The third-order valence-corrected chi connectivity index (χ3v) is 5.76. The Bertz CT molecular complexity index is 1090. The summed E-state index contributed by atoms with van der Waals surface area (Å²) < 4.78 is 11.1. The molecule has 1 aliphatic rings. The van der Waals surface area contributed by atoms with Crippen molar-refractivity contribution >= 4 is 29.0 Å². The smallest absolute Gasteiger partial charge is 0.266 e. The van der Waals surface area contributed by atoms with Crippen LogP contribution in [0.2, 0.25) is 0 Å². The second-order valence-corrected chi connectivity index (χ2v) is 7.89. The lowest BCUT2D eigenvalue weighted by atomic mass is 10.3. The van der Waals surface area contributed by atoms with Crippen LogP contribution in [0, 0.1) is 11.3 Å². The molecule has 1 aliphatic heterocycles. The summed E-state index contributed by atoms with van der Waals surface area (Å²) in [5.74, 6) is 0.967. The molecule has 0 saturated carbocycles. The Hall–Kier alpha value is -3.58. The molecule has 0 bridgehead atoms. The third kappa shape index (κ3) is 4.06. The van der Waals surface area contributed by atoms with Crippen LogP contribution in [-0.4, -0.2) is 47.9 Å². The summed E-state index contributed by atoms with van der Waals surface area (Å²) in [6.45, 7) is 3.93. The zero-order valence-electron chi connectivity index (χ0n) is 16.3. The minimum Gasteiger partial charge on any atom is -0.459 e. The number of amides is 2. The second kappa shape index (κ2) is 8.42. The van der Waals surface area contributed by atoms with Gasteiger partial charge in [-0.2, -0.15) is 10.2 Å². The molecule has 10 heteroatoms. The SMILES string of the molecule is CC(=O)NCc1ccc(C(=O)N2CCN(c3oc(-c4ccco4)nc3C#N)CC2)s1. The van der Waals surface area contributed by atoms with Gasteiger partial charge in [0.2, 0.25) is 17.5 Å². The second-order valence-electron chi connectivity index (χ2n) is 6.72. The van der Waals surface area contributed by atoms with E-state index in [-0.39, 0.29) is 23.4 Å². The van der Waals surface area contributed by atoms with E-state index in [4.69, 9.17) is 8.83 Å². The standard InChI is InChI=1S/C20H19N5O4S/c1-13(26)22-12-14-4-5-17(30-14)19(27)24-6-8-25(9-7-24)20-15(11-21)23-18(29-20)16-3-2-10-28-16/h2-5,10H,6-9,12H2,1H3,(H,22,26). The van der Waals surface area contributed by atoms with Crippen molar-refractivity contribution in [3.05, 3.63) is 46.0 Å². The molecule has 1 N–H and O–H groups in total. The Morgan fingerprint density at radius 1 is 1.27 bits per heavy atom. The number of carbonyl (C=O) groups excluding carboxylic acids is 2. The molecule has 9 nitrogen and oxygen atoms in total. The maximum atomic E-state index is 12.8. The molecule has 0 radical (unpaired) electrons. The molecule has 2 amide bonds. The van der Waals surface area contributed by atoms with Gasteiger partial charge < -0.3 is 24.0 Å². The Balaban J connectivity index is 1.40. The first-order valence-electron chi connectivity index (χ1n) is 9.37. The highest BCUT2D eigenvalue weighted by Gasteiger charge is 2.28. The number of anilines is 1. The number of nitriles is 1. The lowest BCUT2D eigenvalue weighted by Gasteiger charge is -2.34. The van der Waals surface area contributed by atoms with Crippen LogP contribution >= 0.6 is 11.3 Å². The molecule has 0 atom stereocenters. The summed E-state index contributed by atoms with van der Waals surface area (Å²) in [6.07, 6.45) is 1.52. The minimum absolute atomic E-state index is 0.0388. The van der Waals surface area contributed by atoms with Crippen molar-refractivity contribution in [2.75, 3.05) is 31.1 Å². The van der Waals surface area contributed by atoms with Gasteiger partial charge in [0.1, 0.15) is 6.07 Å². The number of nitrogens with zero attached hydrogens (tertiary/aromatic N) is 4. The third-order valence-electron chi connectivity index (χ3n) is 4.69. The highest BCUT2D eigenvalue weighted by molar-refractivity contribution is 7.14. The van der Waals surface area contributed by atoms with Crippen LogP contribution in [0.15, 0.2) is 39.4 Å². The van der Waals surface area contributed by atoms with E-state index in [2.05, 4.69) is 16.4 Å². The number of thiophene rings is 1. The van der Waals surface area contributed by atoms with Crippen molar-refractivity contribution < 1.29 is 18.4 Å². The van der Waals surface area contributed by atoms with Crippen LogP contribution in [0.5, 0.6) is 0 Å². The number of hydrogen-bond donors (Lipinski definition) is 1. The average Bonchev–Trinajstić information content (AvgIpc) is 3.52. The highest BCUT2D eigenvalue weighted by Crippen LogP contribution is 2.29. The number of hydrogen-bond acceptors (Lipinski definition) is 8. The van der Waals surface area contributed by atoms with Crippen molar-refractivity contribution in [3.8, 4) is 17.7 Å². The predicted octanol–water partition coefficient (Wildman–Crippen LogP) is 2.47. The number of piperazine rings is 1. The quantitative estimate of drug-likeness (QED) is 0.667. The molecule has 30 heavy (non-hydrogen) atoms. The van der Waals surface area contributed by atoms with Crippen molar-refractivity contribution in [3.63, 3.8) is 0 Å². The topological polar surface area (TPSA) is 116 Å². The molecule has 3 aromatic rings. The fourth-order valence-electron chi connectivity index (χ4n) is 3.17. The lowest BCUT2D eigenvalue weighted by molar-refractivity contribution is -0.119. The zero-order chi connectivity index (χ0) is 21.1. The predicted molar refractivity (Wildman–Crippen MR) is 109 cm³/mol. The minimum atomic E-state index is -0.105. The summed E-state index contributed by atoms with van der Waals surface area (Å²) >= 11 is 1.38. The molecule has 4 heterocycles. The maximum Gasteiger partial charge on any atom is 0.266 e. The number of furan rings is 1. The Morgan fingerprint density at radius 3 is 2.73 bits per heavy atom. The fourth-order valence-corrected chi connectivity index (χ4v) is 4.09. The van der Waals surface area contributed by atoms with E-state index in [9.17, 15) is 14.9 Å². The van der Waals surface area contributed by atoms with Crippen LogP contribution in [0.25, 0.3) is 11.7 Å². The van der Waals surface area contributed by atoms with Gasteiger partial charge in [0.15, 0.2) is 5.76 Å². The Labute approximate surface area is 176 Å². The van der Waals surface area contributed by atoms with Gasteiger partial charge in [0.05, 0.1) is 17.7 Å². The van der Waals surface area contributed by atoms with E-state index in [1.807, 2.05) is 11.0 Å². The summed E-state index contributed by atoms with van der Waals surface area (Å²) in [5.41, 5.74) is 0.196. The van der Waals surface area contributed by atoms with Gasteiger partial charge in [-0.3, -0.25) is 9.59 Å². The molecule has 154 valence electrons. The van der Waals surface area contributed by atoms with Crippen LogP contribution in [-0.2, 0) is 11.3 Å². The van der Waals surface area contributed by atoms with Crippen LogP contribution in [0.1, 0.15) is 27.2 Å². The van der Waals surface area contributed by atoms with Crippen molar-refractivity contribution in [2.45, 2.75) is 13.5 Å². The lowest BCUT2D eigenvalue weighted by Crippen LogP contribution is -2.48. The maximum absolute atomic E-state index is 12.8. The fraction of sp³-hybridized carbons (Fsp3) is 0.300. The van der Waals surface area contributed by atoms with Crippen molar-refractivity contribution in [1.82, 2.24) is 15.2 Å². The molecule has 0 spiro atoms. The van der Waals surface area contributed by atoms with E-state index in [0.29, 0.717) is 49.2 Å². The van der Waals surface area contributed by atoms with Crippen LogP contribution in [0.3, 0.4) is 0 Å². The van der Waals surface area contributed by atoms with Gasteiger partial charge in [0.25, 0.3) is 11.8 Å². The van der Waals surface area contributed by atoms with Crippen molar-refractivity contribution in [2.24, 2.45) is 0 Å². The largest absolute Gasteiger partial charge is 0.459 e. The Morgan fingerprint density at radius 2 is 2.07 bits per heavy atom. The number of aromatic nitrogens is 1. The zero-order valence-corrected chi connectivity index (χ0v) is 17.1. The highest BCUT2D eigenvalue weighted by atomic mass is 32.1. The first kappa shape index (κ1) is 19.7. The van der Waals surface area contributed by atoms with Crippen LogP contribution in [0.4, 0.5) is 5.88 Å². The van der Waals surface area contributed by atoms with E-state index in [1.165, 1.54) is 24.5 Å². The molecule has 0 unspecified atom stereocenters. The normalized spacial score (nSPS) is 13.9. The summed E-state index contributed by atoms with van der Waals surface area (Å²) in [7, 11) is 0. The van der Waals surface area contributed by atoms with Gasteiger partial charge in [0, 0.05) is 38.0 Å². The summed E-state index contributed by atoms with van der Waals surface area (Å²) in [5, 5.41) is 12.1. The van der Waals surface area contributed by atoms with E-state index < -0.39 is 0 Å². The first-order valence-corrected chi connectivity index (χ1v) is 10.2. The summed E-state index contributed by atoms with van der Waals surface area (Å²) in [6, 6.07) is 9.14. The number of nitrogens with one attached hydrogen (secondary N) is 1. The molecule has 0 aliphatic carbocycles. The van der Waals surface area contributed by atoms with E-state index in [0.717, 1.165) is 4.88 Å². The van der Waals surface area contributed by atoms with E-state index in [1.54, 1.807) is 23.1 Å². The van der Waals surface area contributed by atoms with Gasteiger partial charge in [-0.1, -0.05) is 0 Å². The van der Waals surface area contributed by atoms with Gasteiger partial charge >= 0.3 is 0 Å². The molecule has 1 saturated heterocycles. The summed E-state index contributed by atoms with van der Waals surface area (Å²) in [4.78, 5) is 33.3. The molecule has 3 aromatic heterocycles. The molecule has 0 aromatic carbocycles. The monoisotopic (exact) mass is 425 g/mol. The number of rotatable bonds is 5. The number of carbonyl (C=O) groups is 2. The molecular formula is C20H19N5O4S. The van der Waals surface area contributed by atoms with Gasteiger partial charge in [-0.25, -0.2) is 0 Å². The first-order chi connectivity index (χ1) is 14.5. The van der Waals surface area contributed by atoms with Crippen LogP contribution < -0.4 is 10.2 Å². The van der Waals surface area contributed by atoms with Gasteiger partial charge in [-0.05, 0) is 24.3 Å². The molecular weight excluding hydrogens is 406 g/mol.